The number of aromatic amines is 1. The van der Waals surface area contributed by atoms with E-state index in [0.29, 0.717) is 0 Å². The van der Waals surface area contributed by atoms with Crippen LogP contribution < -0.4 is 5.73 Å². The van der Waals surface area contributed by atoms with Crippen molar-refractivity contribution in [3.63, 3.8) is 0 Å². The van der Waals surface area contributed by atoms with E-state index in [4.69, 9.17) is 5.73 Å². The molecule has 19 heavy (non-hydrogen) atoms. The molecule has 3 aromatic rings. The Morgan fingerprint density at radius 3 is 3.00 bits per heavy atom. The van der Waals surface area contributed by atoms with Crippen molar-refractivity contribution in [2.45, 2.75) is 25.8 Å². The first kappa shape index (κ1) is 11.7. The van der Waals surface area contributed by atoms with Crippen molar-refractivity contribution in [1.82, 2.24) is 25.2 Å². The number of tetrazole rings is 1. The third kappa shape index (κ3) is 2.57. The molecule has 0 amide bonds. The van der Waals surface area contributed by atoms with Crippen LogP contribution in [0.4, 0.5) is 5.69 Å². The molecule has 0 unspecified atom stereocenters. The topological polar surface area (TPSA) is 85.4 Å². The van der Waals surface area contributed by atoms with E-state index in [1.807, 2.05) is 12.1 Å². The summed E-state index contributed by atoms with van der Waals surface area (Å²) in [5.74, 6) is 0.849. The Labute approximate surface area is 110 Å². The van der Waals surface area contributed by atoms with Gasteiger partial charge in [0.15, 0.2) is 0 Å². The van der Waals surface area contributed by atoms with Crippen LogP contribution >= 0.6 is 0 Å². The minimum absolute atomic E-state index is 0.806. The van der Waals surface area contributed by atoms with Gasteiger partial charge < -0.3 is 10.3 Å². The van der Waals surface area contributed by atoms with Crippen molar-refractivity contribution in [2.75, 3.05) is 5.73 Å². The maximum Gasteiger partial charge on any atom is 0.148 e. The maximum absolute atomic E-state index is 5.83. The predicted octanol–water partition coefficient (Wildman–Crippen LogP) is 1.76. The van der Waals surface area contributed by atoms with Gasteiger partial charge in [0, 0.05) is 24.8 Å². The number of benzene rings is 1. The number of H-pyrrole nitrogens is 1. The number of hydrogen-bond donors (Lipinski definition) is 2. The van der Waals surface area contributed by atoms with E-state index in [1.165, 1.54) is 10.9 Å². The Morgan fingerprint density at radius 1 is 1.21 bits per heavy atom. The fraction of sp³-hybridized carbons (Fsp3) is 0.308. The largest absolute Gasteiger partial charge is 0.399 e. The van der Waals surface area contributed by atoms with Crippen molar-refractivity contribution >= 4 is 16.6 Å². The molecule has 98 valence electrons. The van der Waals surface area contributed by atoms with Crippen molar-refractivity contribution in [3.8, 4) is 0 Å². The molecule has 0 saturated carbocycles. The number of nitrogen functional groups attached to an aromatic ring is 1. The zero-order valence-corrected chi connectivity index (χ0v) is 10.6. The van der Waals surface area contributed by atoms with Gasteiger partial charge in [-0.1, -0.05) is 6.07 Å². The molecule has 2 heterocycles. The Morgan fingerprint density at radius 2 is 2.16 bits per heavy atom. The van der Waals surface area contributed by atoms with Crippen LogP contribution in [0.3, 0.4) is 0 Å². The summed E-state index contributed by atoms with van der Waals surface area (Å²) in [4.78, 5) is 0. The lowest BCUT2D eigenvalue weighted by molar-refractivity contribution is 0.615. The SMILES string of the molecule is Nc1ccc2ccn(CCCCc3nnn[nH]3)c2c1. The van der Waals surface area contributed by atoms with E-state index in [0.717, 1.165) is 37.3 Å². The zero-order valence-electron chi connectivity index (χ0n) is 10.6. The molecule has 3 N–H and O–H groups in total. The van der Waals surface area contributed by atoms with Crippen LogP contribution in [0.25, 0.3) is 10.9 Å². The number of unbranched alkanes of at least 4 members (excludes halogenated alkanes) is 1. The molecule has 0 aliphatic rings. The minimum atomic E-state index is 0.806. The number of aryl methyl sites for hydroxylation is 2. The van der Waals surface area contributed by atoms with Gasteiger partial charge in [-0.25, -0.2) is 5.10 Å². The summed E-state index contributed by atoms with van der Waals surface area (Å²) >= 11 is 0. The number of nitrogens with zero attached hydrogens (tertiary/aromatic N) is 4. The Bertz CT molecular complexity index is 655. The maximum atomic E-state index is 5.83. The van der Waals surface area contributed by atoms with Crippen LogP contribution in [0.2, 0.25) is 0 Å². The number of anilines is 1. The minimum Gasteiger partial charge on any atom is -0.399 e. The predicted molar refractivity (Wildman–Crippen MR) is 73.5 cm³/mol. The normalized spacial score (nSPS) is 11.2. The summed E-state index contributed by atoms with van der Waals surface area (Å²) in [6.45, 7) is 0.981. The van der Waals surface area contributed by atoms with E-state index in [2.05, 4.69) is 43.5 Å². The molecule has 0 bridgehead atoms. The second-order valence-corrected chi connectivity index (χ2v) is 4.63. The Balaban J connectivity index is 1.60. The van der Waals surface area contributed by atoms with Gasteiger partial charge in [0.25, 0.3) is 0 Å². The van der Waals surface area contributed by atoms with Crippen molar-refractivity contribution in [3.05, 3.63) is 36.3 Å². The fourth-order valence-electron chi connectivity index (χ4n) is 2.26. The average Bonchev–Trinajstić information content (AvgIpc) is 3.04. The lowest BCUT2D eigenvalue weighted by atomic mass is 10.2. The lowest BCUT2D eigenvalue weighted by Crippen LogP contribution is -1.98. The summed E-state index contributed by atoms with van der Waals surface area (Å²) in [6, 6.07) is 8.13. The van der Waals surface area contributed by atoms with Gasteiger partial charge >= 0.3 is 0 Å². The molecule has 6 nitrogen and oxygen atoms in total. The van der Waals surface area contributed by atoms with Crippen molar-refractivity contribution in [2.24, 2.45) is 0 Å². The van der Waals surface area contributed by atoms with E-state index < -0.39 is 0 Å². The Hall–Kier alpha value is -2.37. The summed E-state index contributed by atoms with van der Waals surface area (Å²) < 4.78 is 2.24. The molecular formula is C13H16N6. The van der Waals surface area contributed by atoms with Crippen LogP contribution in [0, 0.1) is 0 Å². The van der Waals surface area contributed by atoms with Crippen LogP contribution in [0.1, 0.15) is 18.7 Å². The van der Waals surface area contributed by atoms with Crippen LogP contribution in [0.15, 0.2) is 30.5 Å². The molecular weight excluding hydrogens is 240 g/mol. The molecule has 0 atom stereocenters. The van der Waals surface area contributed by atoms with Crippen molar-refractivity contribution < 1.29 is 0 Å². The zero-order chi connectivity index (χ0) is 13.1. The number of hydrogen-bond acceptors (Lipinski definition) is 4. The van der Waals surface area contributed by atoms with Gasteiger partial charge in [-0.2, -0.15) is 0 Å². The van der Waals surface area contributed by atoms with Gasteiger partial charge in [-0.3, -0.25) is 0 Å². The number of rotatable bonds is 5. The molecule has 2 aromatic heterocycles. The summed E-state index contributed by atoms with van der Waals surface area (Å²) in [5, 5.41) is 15.0. The second kappa shape index (κ2) is 5.09. The molecule has 0 aliphatic carbocycles. The highest BCUT2D eigenvalue weighted by Gasteiger charge is 2.02. The highest BCUT2D eigenvalue weighted by Crippen LogP contribution is 2.19. The quantitative estimate of drug-likeness (QED) is 0.538. The Kier molecular flexibility index (Phi) is 3.14. The van der Waals surface area contributed by atoms with Crippen LogP contribution in [0.5, 0.6) is 0 Å². The number of fused-ring (bicyclic) bond motifs is 1. The van der Waals surface area contributed by atoms with Gasteiger partial charge in [0.1, 0.15) is 5.82 Å². The fourth-order valence-corrected chi connectivity index (χ4v) is 2.26. The van der Waals surface area contributed by atoms with Gasteiger partial charge in [0.2, 0.25) is 0 Å². The third-order valence-electron chi connectivity index (χ3n) is 3.25. The smallest absolute Gasteiger partial charge is 0.148 e. The molecule has 0 spiro atoms. The highest BCUT2D eigenvalue weighted by atomic mass is 15.5. The number of aromatic nitrogens is 5. The third-order valence-corrected chi connectivity index (χ3v) is 3.25. The summed E-state index contributed by atoms with van der Waals surface area (Å²) in [6.07, 6.45) is 5.13. The molecule has 0 aliphatic heterocycles. The molecule has 3 rings (SSSR count). The summed E-state index contributed by atoms with van der Waals surface area (Å²) in [7, 11) is 0. The second-order valence-electron chi connectivity index (χ2n) is 4.63. The first-order chi connectivity index (χ1) is 9.33. The number of nitrogens with two attached hydrogens (primary N) is 1. The van der Waals surface area contributed by atoms with E-state index in [9.17, 15) is 0 Å². The van der Waals surface area contributed by atoms with Gasteiger partial charge in [0.05, 0.1) is 5.52 Å². The van der Waals surface area contributed by atoms with E-state index in [1.54, 1.807) is 0 Å². The monoisotopic (exact) mass is 256 g/mol. The average molecular weight is 256 g/mol. The van der Waals surface area contributed by atoms with Gasteiger partial charge in [-0.15, -0.1) is 5.10 Å². The van der Waals surface area contributed by atoms with Crippen LogP contribution in [-0.2, 0) is 13.0 Å². The van der Waals surface area contributed by atoms with Gasteiger partial charge in [-0.05, 0) is 46.9 Å². The highest BCUT2D eigenvalue weighted by molar-refractivity contribution is 5.83. The molecule has 0 radical (unpaired) electrons. The van der Waals surface area contributed by atoms with Crippen molar-refractivity contribution in [1.29, 1.82) is 0 Å². The van der Waals surface area contributed by atoms with Crippen LogP contribution in [-0.4, -0.2) is 25.2 Å². The van der Waals surface area contributed by atoms with E-state index >= 15 is 0 Å². The first-order valence-corrected chi connectivity index (χ1v) is 6.40. The molecule has 1 aromatic carbocycles. The standard InChI is InChI=1S/C13H16N6/c14-11-5-4-10-6-8-19(12(10)9-11)7-2-1-3-13-15-17-18-16-13/h4-6,8-9H,1-3,7,14H2,(H,15,16,17,18). The molecule has 0 fully saturated rings. The molecule has 0 saturated heterocycles. The first-order valence-electron chi connectivity index (χ1n) is 6.40. The lowest BCUT2D eigenvalue weighted by Gasteiger charge is -2.05. The number of nitrogens with one attached hydrogen (secondary N) is 1. The summed E-state index contributed by atoms with van der Waals surface area (Å²) in [5.41, 5.74) is 7.83. The molecule has 6 heteroatoms. The van der Waals surface area contributed by atoms with E-state index in [-0.39, 0.29) is 0 Å².